The molecule has 7 heteroatoms. The van der Waals surface area contributed by atoms with Crippen LogP contribution in [0.1, 0.15) is 30.3 Å². The van der Waals surface area contributed by atoms with Crippen molar-refractivity contribution in [1.29, 1.82) is 0 Å². The van der Waals surface area contributed by atoms with Crippen LogP contribution in [0.2, 0.25) is 0 Å². The molecule has 3 rings (SSSR count). The molecule has 1 aromatic carbocycles. The third-order valence-corrected chi connectivity index (χ3v) is 5.50. The fourth-order valence-corrected chi connectivity index (χ4v) is 3.81. The van der Waals surface area contributed by atoms with E-state index in [0.29, 0.717) is 12.2 Å². The van der Waals surface area contributed by atoms with Crippen molar-refractivity contribution in [2.24, 2.45) is 11.7 Å². The lowest BCUT2D eigenvalue weighted by Gasteiger charge is -2.36. The van der Waals surface area contributed by atoms with E-state index in [2.05, 4.69) is 4.98 Å². The van der Waals surface area contributed by atoms with Gasteiger partial charge in [0.2, 0.25) is 5.91 Å². The van der Waals surface area contributed by atoms with Crippen molar-refractivity contribution in [2.45, 2.75) is 25.8 Å². The number of amides is 2. The number of benzene rings is 1. The van der Waals surface area contributed by atoms with Gasteiger partial charge in [0.25, 0.3) is 5.91 Å². The van der Waals surface area contributed by atoms with Crippen LogP contribution in [0.15, 0.2) is 29.6 Å². The fraction of sp³-hybridized carbons (Fsp3) is 0.389. The van der Waals surface area contributed by atoms with E-state index >= 15 is 0 Å². The molecule has 1 aromatic heterocycles. The van der Waals surface area contributed by atoms with Gasteiger partial charge >= 0.3 is 0 Å². The molecule has 1 aliphatic heterocycles. The van der Waals surface area contributed by atoms with Crippen molar-refractivity contribution in [2.75, 3.05) is 13.7 Å². The highest BCUT2D eigenvalue weighted by atomic mass is 32.1. The second-order valence-electron chi connectivity index (χ2n) is 6.25. The van der Waals surface area contributed by atoms with Crippen molar-refractivity contribution in [3.05, 3.63) is 35.3 Å². The Balaban J connectivity index is 1.78. The lowest BCUT2D eigenvalue weighted by atomic mass is 9.93. The number of hydrogen-bond acceptors (Lipinski definition) is 5. The number of methoxy groups -OCH3 is 1. The second kappa shape index (κ2) is 7.23. The summed E-state index contributed by atoms with van der Waals surface area (Å²) in [5, 5.41) is 2.55. The molecule has 0 saturated carbocycles. The number of primary amides is 1. The van der Waals surface area contributed by atoms with Crippen molar-refractivity contribution in [3.63, 3.8) is 0 Å². The molecular weight excluding hydrogens is 338 g/mol. The lowest BCUT2D eigenvalue weighted by Crippen LogP contribution is -2.48. The highest BCUT2D eigenvalue weighted by Gasteiger charge is 2.33. The van der Waals surface area contributed by atoms with Crippen LogP contribution in [-0.2, 0) is 4.79 Å². The Kier molecular flexibility index (Phi) is 5.03. The monoisotopic (exact) mass is 359 g/mol. The third kappa shape index (κ3) is 3.66. The summed E-state index contributed by atoms with van der Waals surface area (Å²) >= 11 is 1.43. The maximum atomic E-state index is 12.8. The molecular formula is C18H21N3O3S. The van der Waals surface area contributed by atoms with Crippen LogP contribution in [0.4, 0.5) is 0 Å². The molecule has 0 spiro atoms. The number of piperidine rings is 1. The zero-order valence-electron chi connectivity index (χ0n) is 14.3. The standard InChI is InChI=1S/C18H21N3O3S/c1-11-3-4-13(16(19)22)9-21(11)18(23)15-10-25-17(20-15)12-5-7-14(24-2)8-6-12/h5-8,10-11,13H,3-4,9H2,1-2H3,(H2,19,22)/t11-,13+/m1/s1. The minimum Gasteiger partial charge on any atom is -0.497 e. The van der Waals surface area contributed by atoms with Gasteiger partial charge in [0, 0.05) is 23.5 Å². The summed E-state index contributed by atoms with van der Waals surface area (Å²) in [6, 6.07) is 7.64. The zero-order valence-corrected chi connectivity index (χ0v) is 15.1. The molecule has 2 atom stereocenters. The van der Waals surface area contributed by atoms with Crippen LogP contribution in [0, 0.1) is 5.92 Å². The molecule has 25 heavy (non-hydrogen) atoms. The number of carbonyl (C=O) groups excluding carboxylic acids is 2. The molecule has 1 fully saturated rings. The van der Waals surface area contributed by atoms with Gasteiger partial charge in [0.1, 0.15) is 16.5 Å². The van der Waals surface area contributed by atoms with Gasteiger partial charge in [-0.2, -0.15) is 0 Å². The number of thiazole rings is 1. The minimum absolute atomic E-state index is 0.0780. The van der Waals surface area contributed by atoms with E-state index in [9.17, 15) is 9.59 Å². The Morgan fingerprint density at radius 1 is 1.28 bits per heavy atom. The zero-order chi connectivity index (χ0) is 18.0. The molecule has 2 amide bonds. The summed E-state index contributed by atoms with van der Waals surface area (Å²) < 4.78 is 5.15. The maximum Gasteiger partial charge on any atom is 0.273 e. The van der Waals surface area contributed by atoms with Crippen LogP contribution < -0.4 is 10.5 Å². The van der Waals surface area contributed by atoms with E-state index in [4.69, 9.17) is 10.5 Å². The highest BCUT2D eigenvalue weighted by Crippen LogP contribution is 2.28. The molecule has 1 aliphatic rings. The van der Waals surface area contributed by atoms with Gasteiger partial charge in [-0.1, -0.05) is 0 Å². The minimum atomic E-state index is -0.345. The number of likely N-dealkylation sites (tertiary alicyclic amines) is 1. The molecule has 0 aliphatic carbocycles. The van der Waals surface area contributed by atoms with Gasteiger partial charge in [0.05, 0.1) is 13.0 Å². The van der Waals surface area contributed by atoms with E-state index in [0.717, 1.165) is 29.2 Å². The van der Waals surface area contributed by atoms with Crippen LogP contribution in [-0.4, -0.2) is 41.4 Å². The fourth-order valence-electron chi connectivity index (χ4n) is 3.01. The van der Waals surface area contributed by atoms with Gasteiger partial charge in [-0.25, -0.2) is 4.98 Å². The first-order valence-corrected chi connectivity index (χ1v) is 9.07. The van der Waals surface area contributed by atoms with Crippen molar-refractivity contribution in [3.8, 4) is 16.3 Å². The summed E-state index contributed by atoms with van der Waals surface area (Å²) in [5.41, 5.74) is 6.76. The van der Waals surface area contributed by atoms with Gasteiger partial charge in [-0.3, -0.25) is 9.59 Å². The Hall–Kier alpha value is -2.41. The van der Waals surface area contributed by atoms with E-state index in [1.807, 2.05) is 31.2 Å². The topological polar surface area (TPSA) is 85.5 Å². The summed E-state index contributed by atoms with van der Waals surface area (Å²) in [6.45, 7) is 2.36. The number of aromatic nitrogens is 1. The first-order chi connectivity index (χ1) is 12.0. The van der Waals surface area contributed by atoms with E-state index in [1.165, 1.54) is 11.3 Å². The van der Waals surface area contributed by atoms with E-state index in [-0.39, 0.29) is 23.8 Å². The number of rotatable bonds is 4. The summed E-state index contributed by atoms with van der Waals surface area (Å²) in [6.07, 6.45) is 1.50. The van der Waals surface area contributed by atoms with Crippen LogP contribution in [0.3, 0.4) is 0 Å². The molecule has 2 aromatic rings. The second-order valence-corrected chi connectivity index (χ2v) is 7.11. The predicted octanol–water partition coefficient (Wildman–Crippen LogP) is 2.54. The molecule has 0 bridgehead atoms. The first kappa shape index (κ1) is 17.4. The van der Waals surface area contributed by atoms with Crippen molar-refractivity contribution >= 4 is 23.2 Å². The summed E-state index contributed by atoms with van der Waals surface area (Å²) in [5.74, 6) is 0.00690. The van der Waals surface area contributed by atoms with Gasteiger partial charge < -0.3 is 15.4 Å². The maximum absolute atomic E-state index is 12.8. The first-order valence-electron chi connectivity index (χ1n) is 8.20. The average molecular weight is 359 g/mol. The predicted molar refractivity (Wildman–Crippen MR) is 96.5 cm³/mol. The average Bonchev–Trinajstić information content (AvgIpc) is 3.11. The normalized spacial score (nSPS) is 20.3. The van der Waals surface area contributed by atoms with Crippen molar-refractivity contribution in [1.82, 2.24) is 9.88 Å². The molecule has 0 unspecified atom stereocenters. The summed E-state index contributed by atoms with van der Waals surface area (Å²) in [7, 11) is 1.62. The van der Waals surface area contributed by atoms with Crippen LogP contribution in [0.25, 0.3) is 10.6 Å². The Labute approximate surface area is 150 Å². The highest BCUT2D eigenvalue weighted by molar-refractivity contribution is 7.13. The van der Waals surface area contributed by atoms with Crippen LogP contribution in [0.5, 0.6) is 5.75 Å². The van der Waals surface area contributed by atoms with Crippen LogP contribution >= 0.6 is 11.3 Å². The molecule has 1 saturated heterocycles. The Morgan fingerprint density at radius 2 is 2.00 bits per heavy atom. The van der Waals surface area contributed by atoms with Gasteiger partial charge in [-0.05, 0) is 44.0 Å². The molecule has 6 nitrogen and oxygen atoms in total. The SMILES string of the molecule is COc1ccc(-c2nc(C(=O)N3C[C@@H](C(N)=O)CC[C@H]3C)cs2)cc1. The van der Waals surface area contributed by atoms with E-state index in [1.54, 1.807) is 17.4 Å². The molecule has 2 heterocycles. The molecule has 132 valence electrons. The number of hydrogen-bond donors (Lipinski definition) is 1. The number of nitrogens with two attached hydrogens (primary N) is 1. The number of nitrogens with zero attached hydrogens (tertiary/aromatic N) is 2. The van der Waals surface area contributed by atoms with Crippen molar-refractivity contribution < 1.29 is 14.3 Å². The van der Waals surface area contributed by atoms with Gasteiger partial charge in [-0.15, -0.1) is 11.3 Å². The Morgan fingerprint density at radius 3 is 2.64 bits per heavy atom. The number of ether oxygens (including phenoxy) is 1. The molecule has 0 radical (unpaired) electrons. The number of carbonyl (C=O) groups is 2. The Bertz CT molecular complexity index is 772. The quantitative estimate of drug-likeness (QED) is 0.909. The lowest BCUT2D eigenvalue weighted by molar-refractivity contribution is -0.123. The molecule has 2 N–H and O–H groups in total. The van der Waals surface area contributed by atoms with E-state index < -0.39 is 0 Å². The van der Waals surface area contributed by atoms with Gasteiger partial charge in [0.15, 0.2) is 0 Å². The third-order valence-electron chi connectivity index (χ3n) is 4.61. The smallest absolute Gasteiger partial charge is 0.273 e. The largest absolute Gasteiger partial charge is 0.497 e. The summed E-state index contributed by atoms with van der Waals surface area (Å²) in [4.78, 5) is 30.5.